The number of hydrogen-bond acceptors (Lipinski definition) is 5. The fraction of sp³-hybridized carbons (Fsp3) is 0.611. The smallest absolute Gasteiger partial charge is 0.293 e. The van der Waals surface area contributed by atoms with E-state index in [0.29, 0.717) is 30.3 Å². The molecule has 0 saturated carbocycles. The third-order valence-corrected chi connectivity index (χ3v) is 5.38. The molecule has 0 radical (unpaired) electrons. The Labute approximate surface area is 160 Å². The van der Waals surface area contributed by atoms with Crippen LogP contribution >= 0.6 is 12.4 Å². The number of benzene rings is 1. The number of amides is 1. The van der Waals surface area contributed by atoms with Gasteiger partial charge in [-0.1, -0.05) is 6.92 Å². The molecule has 8 heteroatoms. The molecule has 0 bridgehead atoms. The van der Waals surface area contributed by atoms with E-state index in [-0.39, 0.29) is 35.0 Å². The van der Waals surface area contributed by atoms with Gasteiger partial charge in [-0.2, -0.15) is 0 Å². The van der Waals surface area contributed by atoms with Crippen LogP contribution in [-0.2, 0) is 0 Å². The van der Waals surface area contributed by atoms with Crippen LogP contribution in [0.2, 0.25) is 0 Å². The molecular weight excluding hydrogens is 356 g/mol. The summed E-state index contributed by atoms with van der Waals surface area (Å²) in [5.74, 6) is 0.392. The third-order valence-electron chi connectivity index (χ3n) is 5.38. The summed E-state index contributed by atoms with van der Waals surface area (Å²) in [4.78, 5) is 27.9. The van der Waals surface area contributed by atoms with Gasteiger partial charge >= 0.3 is 0 Å². The summed E-state index contributed by atoms with van der Waals surface area (Å²) in [7, 11) is 0. The van der Waals surface area contributed by atoms with Crippen molar-refractivity contribution in [3.05, 3.63) is 33.9 Å². The molecule has 1 amide bonds. The number of nitro groups is 1. The summed E-state index contributed by atoms with van der Waals surface area (Å²) in [6.45, 7) is 4.90. The molecular formula is C18H27ClN4O3. The Balaban J connectivity index is 0.00000243. The molecule has 1 aromatic carbocycles. The molecule has 2 N–H and O–H groups in total. The summed E-state index contributed by atoms with van der Waals surface area (Å²) in [6.07, 6.45) is 3.91. The van der Waals surface area contributed by atoms with Crippen molar-refractivity contribution in [2.24, 2.45) is 11.7 Å². The standard InChI is InChI=1S/C18H26N4O3.ClH/c1-13-6-9-21(15(10-13)12-19)18(23)14-4-5-16(17(11-14)22(24)25)20-7-2-3-8-20;/h4-5,11,13,15H,2-3,6-10,12,19H2,1H3;1H. The van der Waals surface area contributed by atoms with Gasteiger partial charge in [0.25, 0.3) is 11.6 Å². The fourth-order valence-corrected chi connectivity index (χ4v) is 3.94. The van der Waals surface area contributed by atoms with Gasteiger partial charge in [0.2, 0.25) is 0 Å². The topological polar surface area (TPSA) is 92.7 Å². The van der Waals surface area contributed by atoms with Gasteiger partial charge in [0.05, 0.1) is 4.92 Å². The summed E-state index contributed by atoms with van der Waals surface area (Å²) in [6, 6.07) is 4.88. The van der Waals surface area contributed by atoms with Crippen LogP contribution in [0.4, 0.5) is 11.4 Å². The molecule has 2 heterocycles. The minimum atomic E-state index is -0.386. The van der Waals surface area contributed by atoms with Gasteiger partial charge in [-0.25, -0.2) is 0 Å². The van der Waals surface area contributed by atoms with E-state index in [4.69, 9.17) is 5.73 Å². The van der Waals surface area contributed by atoms with E-state index in [1.807, 2.05) is 4.90 Å². The second-order valence-electron chi connectivity index (χ2n) is 7.17. The van der Waals surface area contributed by atoms with E-state index in [1.54, 1.807) is 17.0 Å². The number of halogens is 1. The predicted octanol–water partition coefficient (Wildman–Crippen LogP) is 2.82. The van der Waals surface area contributed by atoms with Crippen LogP contribution < -0.4 is 10.6 Å². The van der Waals surface area contributed by atoms with Crippen molar-refractivity contribution in [2.45, 2.75) is 38.6 Å². The first-order chi connectivity index (χ1) is 12.0. The Morgan fingerprint density at radius 2 is 2.00 bits per heavy atom. The average Bonchev–Trinajstić information content (AvgIpc) is 3.15. The Morgan fingerprint density at radius 3 is 2.62 bits per heavy atom. The lowest BCUT2D eigenvalue weighted by Gasteiger charge is -2.38. The van der Waals surface area contributed by atoms with Gasteiger partial charge in [0, 0.05) is 43.9 Å². The number of likely N-dealkylation sites (tertiary alicyclic amines) is 1. The molecule has 2 saturated heterocycles. The Morgan fingerprint density at radius 1 is 1.31 bits per heavy atom. The highest BCUT2D eigenvalue weighted by Crippen LogP contribution is 2.32. The molecule has 2 aliphatic heterocycles. The second-order valence-corrected chi connectivity index (χ2v) is 7.17. The Hall–Kier alpha value is -1.86. The van der Waals surface area contributed by atoms with Crippen LogP contribution in [-0.4, -0.2) is 48.0 Å². The summed E-state index contributed by atoms with van der Waals surface area (Å²) in [5.41, 5.74) is 6.85. The highest BCUT2D eigenvalue weighted by Gasteiger charge is 2.31. The lowest BCUT2D eigenvalue weighted by molar-refractivity contribution is -0.384. The van der Waals surface area contributed by atoms with Gasteiger partial charge in [0.15, 0.2) is 0 Å². The van der Waals surface area contributed by atoms with Crippen LogP contribution in [0.1, 0.15) is 43.0 Å². The first-order valence-corrected chi connectivity index (χ1v) is 9.05. The number of carbonyl (C=O) groups excluding carboxylic acids is 1. The van der Waals surface area contributed by atoms with E-state index >= 15 is 0 Å². The molecule has 1 aromatic rings. The van der Waals surface area contributed by atoms with Crippen LogP contribution in [0.5, 0.6) is 0 Å². The average molecular weight is 383 g/mol. The predicted molar refractivity (Wildman–Crippen MR) is 104 cm³/mol. The maximum Gasteiger partial charge on any atom is 0.293 e. The molecule has 2 aliphatic rings. The summed E-state index contributed by atoms with van der Waals surface area (Å²) in [5, 5.41) is 11.5. The first kappa shape index (κ1) is 20.5. The maximum atomic E-state index is 12.9. The number of piperidine rings is 1. The van der Waals surface area contributed by atoms with Crippen molar-refractivity contribution >= 4 is 29.7 Å². The van der Waals surface area contributed by atoms with Gasteiger partial charge in [0.1, 0.15) is 5.69 Å². The van der Waals surface area contributed by atoms with Gasteiger partial charge in [-0.3, -0.25) is 14.9 Å². The van der Waals surface area contributed by atoms with E-state index in [0.717, 1.165) is 38.8 Å². The number of nitrogens with zero attached hydrogens (tertiary/aromatic N) is 3. The fourth-order valence-electron chi connectivity index (χ4n) is 3.94. The molecule has 26 heavy (non-hydrogen) atoms. The van der Waals surface area contributed by atoms with Gasteiger partial charge in [-0.05, 0) is 43.7 Å². The molecule has 0 aromatic heterocycles. The SMILES string of the molecule is CC1CCN(C(=O)c2ccc(N3CCCC3)c([N+](=O)[O-])c2)C(CN)C1.Cl. The lowest BCUT2D eigenvalue weighted by Crippen LogP contribution is -2.49. The van der Waals surface area contributed by atoms with E-state index in [2.05, 4.69) is 6.92 Å². The highest BCUT2D eigenvalue weighted by atomic mass is 35.5. The zero-order valence-corrected chi connectivity index (χ0v) is 15.9. The van der Waals surface area contributed by atoms with E-state index in [9.17, 15) is 14.9 Å². The van der Waals surface area contributed by atoms with Crippen molar-refractivity contribution in [3.63, 3.8) is 0 Å². The van der Waals surface area contributed by atoms with Crippen molar-refractivity contribution in [3.8, 4) is 0 Å². The Bertz CT molecular complexity index is 664. The zero-order chi connectivity index (χ0) is 18.0. The largest absolute Gasteiger partial charge is 0.366 e. The van der Waals surface area contributed by atoms with Crippen LogP contribution in [0.3, 0.4) is 0 Å². The normalized spacial score (nSPS) is 22.8. The molecule has 3 rings (SSSR count). The monoisotopic (exact) mass is 382 g/mol. The molecule has 144 valence electrons. The number of rotatable bonds is 4. The molecule has 2 fully saturated rings. The van der Waals surface area contributed by atoms with Crippen molar-refractivity contribution < 1.29 is 9.72 Å². The van der Waals surface area contributed by atoms with Crippen LogP contribution in [0.15, 0.2) is 18.2 Å². The van der Waals surface area contributed by atoms with Gasteiger partial charge in [-0.15, -0.1) is 12.4 Å². The number of hydrogen-bond donors (Lipinski definition) is 1. The van der Waals surface area contributed by atoms with Gasteiger partial charge < -0.3 is 15.5 Å². The lowest BCUT2D eigenvalue weighted by atomic mass is 9.92. The highest BCUT2D eigenvalue weighted by molar-refractivity contribution is 5.96. The summed E-state index contributed by atoms with van der Waals surface area (Å²) >= 11 is 0. The summed E-state index contributed by atoms with van der Waals surface area (Å²) < 4.78 is 0. The Kier molecular flexibility index (Phi) is 6.83. The van der Waals surface area contributed by atoms with Crippen molar-refractivity contribution in [1.29, 1.82) is 0 Å². The molecule has 0 spiro atoms. The number of nitro benzene ring substituents is 1. The van der Waals surface area contributed by atoms with Crippen LogP contribution in [0, 0.1) is 16.0 Å². The van der Waals surface area contributed by atoms with E-state index in [1.165, 1.54) is 6.07 Å². The number of nitrogens with two attached hydrogens (primary N) is 1. The molecule has 7 nitrogen and oxygen atoms in total. The minimum Gasteiger partial charge on any atom is -0.366 e. The van der Waals surface area contributed by atoms with Crippen molar-refractivity contribution in [2.75, 3.05) is 31.1 Å². The molecule has 0 aliphatic carbocycles. The number of anilines is 1. The van der Waals surface area contributed by atoms with E-state index < -0.39 is 0 Å². The molecule has 2 unspecified atom stereocenters. The quantitative estimate of drug-likeness (QED) is 0.638. The number of carbonyl (C=O) groups is 1. The first-order valence-electron chi connectivity index (χ1n) is 9.05. The second kappa shape index (κ2) is 8.68. The minimum absolute atomic E-state index is 0. The van der Waals surface area contributed by atoms with Crippen LogP contribution in [0.25, 0.3) is 0 Å². The zero-order valence-electron chi connectivity index (χ0n) is 15.1. The van der Waals surface area contributed by atoms with Crippen molar-refractivity contribution in [1.82, 2.24) is 4.90 Å². The molecule has 2 atom stereocenters. The third kappa shape index (κ3) is 4.10. The maximum absolute atomic E-state index is 12.9.